The first kappa shape index (κ1) is 19.3. The molecule has 1 N–H and O–H groups in total. The Balaban J connectivity index is 1.51. The maximum atomic E-state index is 14.7. The van der Waals surface area contributed by atoms with Crippen LogP contribution in [0.1, 0.15) is 37.7 Å². The molecular weight excluding hydrogens is 411 g/mol. The van der Waals surface area contributed by atoms with Crippen LogP contribution in [-0.4, -0.2) is 34.1 Å². The molecule has 9 heteroatoms. The van der Waals surface area contributed by atoms with Crippen molar-refractivity contribution in [3.8, 4) is 0 Å². The van der Waals surface area contributed by atoms with Crippen molar-refractivity contribution in [3.63, 3.8) is 0 Å². The van der Waals surface area contributed by atoms with Crippen LogP contribution in [0.3, 0.4) is 0 Å². The van der Waals surface area contributed by atoms with E-state index in [1.54, 1.807) is 11.0 Å². The summed E-state index contributed by atoms with van der Waals surface area (Å²) in [5.41, 5.74) is 0.998. The number of anilines is 1. The van der Waals surface area contributed by atoms with Gasteiger partial charge in [0.15, 0.2) is 17.2 Å². The van der Waals surface area contributed by atoms with E-state index in [4.69, 9.17) is 4.42 Å². The highest BCUT2D eigenvalue weighted by Gasteiger charge is 2.43. The molecule has 3 fully saturated rings. The average Bonchev–Trinajstić information content (AvgIpc) is 3.24. The van der Waals surface area contributed by atoms with Gasteiger partial charge in [0.2, 0.25) is 11.8 Å². The molecule has 2 aromatic rings. The van der Waals surface area contributed by atoms with E-state index < -0.39 is 29.3 Å². The van der Waals surface area contributed by atoms with Crippen molar-refractivity contribution >= 4 is 51.3 Å². The van der Waals surface area contributed by atoms with Crippen molar-refractivity contribution in [3.05, 3.63) is 29.8 Å². The number of ketones is 1. The molecular formula is C21H19FN2O5S. The molecule has 0 spiro atoms. The highest BCUT2D eigenvalue weighted by atomic mass is 32.2. The number of rotatable bonds is 3. The summed E-state index contributed by atoms with van der Waals surface area (Å²) >= 11 is 1.32. The molecule has 1 saturated carbocycles. The number of nitrogens with one attached hydrogen (secondary N) is 1. The van der Waals surface area contributed by atoms with E-state index >= 15 is 0 Å². The van der Waals surface area contributed by atoms with E-state index in [0.717, 1.165) is 25.7 Å². The monoisotopic (exact) mass is 430 g/mol. The number of carbonyl (C=O) groups excluding carboxylic acids is 4. The molecule has 3 atom stereocenters. The minimum Gasteiger partial charge on any atom is -0.459 e. The fraction of sp³-hybridized carbons (Fsp3) is 0.429. The summed E-state index contributed by atoms with van der Waals surface area (Å²) in [5, 5.41) is 2.76. The topological polar surface area (TPSA) is 96.7 Å². The Labute approximate surface area is 175 Å². The summed E-state index contributed by atoms with van der Waals surface area (Å²) in [7, 11) is 0. The Morgan fingerprint density at radius 3 is 2.77 bits per heavy atom. The van der Waals surface area contributed by atoms with Crippen LogP contribution in [0.5, 0.6) is 0 Å². The van der Waals surface area contributed by atoms with E-state index in [0.29, 0.717) is 16.6 Å². The summed E-state index contributed by atoms with van der Waals surface area (Å²) in [4.78, 5) is 50.0. The van der Waals surface area contributed by atoms with Crippen molar-refractivity contribution in [2.24, 2.45) is 5.92 Å². The molecule has 1 aromatic carbocycles. The lowest BCUT2D eigenvalue weighted by molar-refractivity contribution is -0.143. The Bertz CT molecular complexity index is 1080. The summed E-state index contributed by atoms with van der Waals surface area (Å²) in [6.07, 6.45) is 5.03. The molecule has 3 aliphatic rings. The standard InChI is InChI=1S/C21H19FN2O5S/c22-13-7-10(6-12-16(25)8-18(26)23-20(12)27)5-11-15(9-29-19(11)13)24-14-3-1-2-4-17(14)30-21(24)28/h5,7,9,12,14,17H,1-4,6,8H2,(H,23,26,27)/t12?,14-,17+/m0/s1. The Morgan fingerprint density at radius 1 is 1.17 bits per heavy atom. The van der Waals surface area contributed by atoms with Crippen molar-refractivity contribution in [1.82, 2.24) is 5.32 Å². The summed E-state index contributed by atoms with van der Waals surface area (Å²) in [6.45, 7) is 0. The molecule has 7 nitrogen and oxygen atoms in total. The lowest BCUT2D eigenvalue weighted by Gasteiger charge is -2.29. The van der Waals surface area contributed by atoms with E-state index in [1.807, 2.05) is 0 Å². The van der Waals surface area contributed by atoms with Crippen LogP contribution < -0.4 is 10.2 Å². The normalized spacial score (nSPS) is 27.0. The number of piperidine rings is 1. The fourth-order valence-electron chi connectivity index (χ4n) is 4.69. The second-order valence-corrected chi connectivity index (χ2v) is 9.22. The summed E-state index contributed by atoms with van der Waals surface area (Å²) in [6, 6.07) is 2.96. The molecule has 1 aliphatic carbocycles. The smallest absolute Gasteiger partial charge is 0.286 e. The predicted molar refractivity (Wildman–Crippen MR) is 108 cm³/mol. The van der Waals surface area contributed by atoms with Crippen molar-refractivity contribution in [1.29, 1.82) is 0 Å². The Kier molecular flexibility index (Phi) is 4.65. The van der Waals surface area contributed by atoms with Crippen LogP contribution in [0.15, 0.2) is 22.8 Å². The van der Waals surface area contributed by atoms with Gasteiger partial charge < -0.3 is 4.42 Å². The van der Waals surface area contributed by atoms with Gasteiger partial charge in [0, 0.05) is 10.6 Å². The number of thioether (sulfide) groups is 1. The van der Waals surface area contributed by atoms with Crippen LogP contribution >= 0.6 is 11.8 Å². The first-order valence-electron chi connectivity index (χ1n) is 9.98. The predicted octanol–water partition coefficient (Wildman–Crippen LogP) is 3.33. The molecule has 5 rings (SSSR count). The Hall–Kier alpha value is -2.68. The molecule has 2 saturated heterocycles. The zero-order valence-corrected chi connectivity index (χ0v) is 16.8. The van der Waals surface area contributed by atoms with Crippen LogP contribution in [-0.2, 0) is 20.8 Å². The highest BCUT2D eigenvalue weighted by molar-refractivity contribution is 8.14. The highest BCUT2D eigenvalue weighted by Crippen LogP contribution is 2.45. The number of imide groups is 1. The number of hydrogen-bond donors (Lipinski definition) is 1. The van der Waals surface area contributed by atoms with Gasteiger partial charge in [-0.05, 0) is 37.0 Å². The van der Waals surface area contributed by atoms with Gasteiger partial charge in [-0.1, -0.05) is 24.6 Å². The minimum atomic E-state index is -1.04. The lowest BCUT2D eigenvalue weighted by atomic mass is 9.89. The number of hydrogen-bond acceptors (Lipinski definition) is 6. The molecule has 3 amide bonds. The van der Waals surface area contributed by atoms with Crippen LogP contribution in [0, 0.1) is 11.7 Å². The maximum absolute atomic E-state index is 14.7. The molecule has 1 unspecified atom stereocenters. The van der Waals surface area contributed by atoms with Crippen LogP contribution in [0.25, 0.3) is 11.0 Å². The lowest BCUT2D eigenvalue weighted by Crippen LogP contribution is -2.46. The fourth-order valence-corrected chi connectivity index (χ4v) is 6.00. The van der Waals surface area contributed by atoms with Crippen LogP contribution in [0.4, 0.5) is 14.9 Å². The molecule has 156 valence electrons. The molecule has 1 aromatic heterocycles. The van der Waals surface area contributed by atoms with Crippen molar-refractivity contribution in [2.75, 3.05) is 4.90 Å². The second kappa shape index (κ2) is 7.23. The molecule has 3 heterocycles. The second-order valence-electron chi connectivity index (χ2n) is 8.03. The summed E-state index contributed by atoms with van der Waals surface area (Å²) < 4.78 is 20.2. The van der Waals surface area contributed by atoms with E-state index in [1.165, 1.54) is 24.1 Å². The number of nitrogens with zero attached hydrogens (tertiary/aromatic N) is 1. The molecule has 2 aliphatic heterocycles. The summed E-state index contributed by atoms with van der Waals surface area (Å²) in [5.74, 6) is -3.42. The molecule has 30 heavy (non-hydrogen) atoms. The Morgan fingerprint density at radius 2 is 1.97 bits per heavy atom. The largest absolute Gasteiger partial charge is 0.459 e. The van der Waals surface area contributed by atoms with E-state index in [-0.39, 0.29) is 35.0 Å². The number of amides is 3. The molecule has 0 radical (unpaired) electrons. The molecule has 0 bridgehead atoms. The number of Topliss-reactive ketones (excluding diaryl/α,β-unsaturated/α-hetero) is 1. The van der Waals surface area contributed by atoms with Crippen molar-refractivity contribution in [2.45, 2.75) is 49.8 Å². The van der Waals surface area contributed by atoms with Gasteiger partial charge >= 0.3 is 0 Å². The maximum Gasteiger partial charge on any atom is 0.286 e. The van der Waals surface area contributed by atoms with Gasteiger partial charge in [0.1, 0.15) is 12.2 Å². The quantitative estimate of drug-likeness (QED) is 0.593. The zero-order valence-electron chi connectivity index (χ0n) is 16.0. The number of benzene rings is 1. The van der Waals surface area contributed by atoms with Gasteiger partial charge in [0.25, 0.3) is 5.24 Å². The van der Waals surface area contributed by atoms with Crippen molar-refractivity contribution < 1.29 is 28.0 Å². The van der Waals surface area contributed by atoms with Crippen LogP contribution in [0.2, 0.25) is 0 Å². The average molecular weight is 430 g/mol. The number of furan rings is 1. The zero-order chi connectivity index (χ0) is 21.0. The van der Waals surface area contributed by atoms with E-state index in [2.05, 4.69) is 5.32 Å². The number of fused-ring (bicyclic) bond motifs is 2. The van der Waals surface area contributed by atoms with Gasteiger partial charge in [-0.2, -0.15) is 0 Å². The van der Waals surface area contributed by atoms with Gasteiger partial charge in [-0.3, -0.25) is 29.4 Å². The third-order valence-electron chi connectivity index (χ3n) is 6.12. The third-order valence-corrected chi connectivity index (χ3v) is 7.37. The van der Waals surface area contributed by atoms with E-state index in [9.17, 15) is 23.6 Å². The first-order chi connectivity index (χ1) is 14.4. The minimum absolute atomic E-state index is 0.0236. The third kappa shape index (κ3) is 3.12. The number of halogens is 1. The van der Waals surface area contributed by atoms with Gasteiger partial charge in [0.05, 0.1) is 18.2 Å². The SMILES string of the molecule is O=C1CC(=O)C(Cc2cc(F)c3occ(N4C(=O)S[C@@H]5CCCC[C@@H]54)c3c2)C(=O)N1. The van der Waals surface area contributed by atoms with Gasteiger partial charge in [-0.25, -0.2) is 4.39 Å². The van der Waals surface area contributed by atoms with Gasteiger partial charge in [-0.15, -0.1) is 0 Å². The first-order valence-corrected chi connectivity index (χ1v) is 10.9. The number of carbonyl (C=O) groups is 4.